The van der Waals surface area contributed by atoms with Crippen molar-refractivity contribution in [2.45, 2.75) is 44.3 Å². The Morgan fingerprint density at radius 3 is 2.41 bits per heavy atom. The molecule has 0 fully saturated rings. The molecule has 32 heavy (non-hydrogen) atoms. The van der Waals surface area contributed by atoms with Crippen LogP contribution in [-0.2, 0) is 22.3 Å². The lowest BCUT2D eigenvalue weighted by molar-refractivity contribution is -0.137. The van der Waals surface area contributed by atoms with Gasteiger partial charge in [0.25, 0.3) is 5.91 Å². The Balaban J connectivity index is 1.94. The lowest BCUT2D eigenvalue weighted by Gasteiger charge is -2.31. The molecule has 2 amide bonds. The van der Waals surface area contributed by atoms with Crippen LogP contribution in [0.1, 0.15) is 37.8 Å². The first-order chi connectivity index (χ1) is 15.2. The van der Waals surface area contributed by atoms with Crippen molar-refractivity contribution in [3.63, 3.8) is 0 Å². The molecule has 170 valence electrons. The molecule has 2 aromatic carbocycles. The van der Waals surface area contributed by atoms with Crippen LogP contribution < -0.4 is 4.90 Å². The Kier molecular flexibility index (Phi) is 7.66. The highest BCUT2D eigenvalue weighted by atomic mass is 32.2. The third kappa shape index (κ3) is 5.54. The third-order valence-corrected chi connectivity index (χ3v) is 6.06. The first kappa shape index (κ1) is 23.9. The summed E-state index contributed by atoms with van der Waals surface area (Å²) in [5.74, 6) is -0.629. The number of amides is 2. The van der Waals surface area contributed by atoms with E-state index in [1.807, 2.05) is 26.0 Å². The minimum atomic E-state index is -4.46. The number of benzene rings is 2. The van der Waals surface area contributed by atoms with Gasteiger partial charge in [-0.2, -0.15) is 13.2 Å². The monoisotopic (exact) mass is 462 g/mol. The molecule has 0 aliphatic carbocycles. The van der Waals surface area contributed by atoms with Crippen molar-refractivity contribution in [3.05, 3.63) is 70.6 Å². The van der Waals surface area contributed by atoms with E-state index >= 15 is 0 Å². The number of halogens is 3. The van der Waals surface area contributed by atoms with Crippen molar-refractivity contribution >= 4 is 29.3 Å². The maximum Gasteiger partial charge on any atom is 0.416 e. The van der Waals surface area contributed by atoms with Crippen molar-refractivity contribution in [2.75, 3.05) is 18.0 Å². The fraction of sp³-hybridized carbons (Fsp3) is 0.333. The van der Waals surface area contributed by atoms with Gasteiger partial charge in [0.05, 0.1) is 22.7 Å². The van der Waals surface area contributed by atoms with E-state index in [2.05, 4.69) is 0 Å². The van der Waals surface area contributed by atoms with Crippen LogP contribution in [0.3, 0.4) is 0 Å². The summed E-state index contributed by atoms with van der Waals surface area (Å²) in [6, 6.07) is 12.1. The van der Waals surface area contributed by atoms with Crippen molar-refractivity contribution in [2.24, 2.45) is 0 Å². The number of hydrogen-bond donors (Lipinski definition) is 0. The highest BCUT2D eigenvalue weighted by Crippen LogP contribution is 2.42. The quantitative estimate of drug-likeness (QED) is 0.483. The average molecular weight is 463 g/mol. The molecular weight excluding hydrogens is 437 g/mol. The Hall–Kier alpha value is -2.74. The standard InChI is InChI=1S/C24H25F3N2O2S/c1-3-12-28(13-4-2)22(30)15-21-23(31)29(19-10-5-6-11-20(19)32-21)16-17-8-7-9-18(14-17)24(25,26)27/h5-11,14-15H,3-4,12-13,16H2,1-2H3. The summed E-state index contributed by atoms with van der Waals surface area (Å²) in [7, 11) is 0. The SMILES string of the molecule is CCCN(CCC)C(=O)C=C1Sc2ccccc2N(Cc2cccc(C(F)(F)F)c2)C1=O. The van der Waals surface area contributed by atoms with Gasteiger partial charge < -0.3 is 9.80 Å². The second-order valence-electron chi connectivity index (χ2n) is 7.49. The van der Waals surface area contributed by atoms with Crippen LogP contribution in [0.4, 0.5) is 18.9 Å². The van der Waals surface area contributed by atoms with Crippen LogP contribution in [-0.4, -0.2) is 29.8 Å². The predicted octanol–water partition coefficient (Wildman–Crippen LogP) is 5.88. The largest absolute Gasteiger partial charge is 0.416 e. The maximum absolute atomic E-state index is 13.3. The molecule has 0 radical (unpaired) electrons. The first-order valence-electron chi connectivity index (χ1n) is 10.5. The Bertz CT molecular complexity index is 1010. The number of nitrogens with zero attached hydrogens (tertiary/aromatic N) is 2. The second kappa shape index (κ2) is 10.3. The summed E-state index contributed by atoms with van der Waals surface area (Å²) >= 11 is 1.21. The number of carbonyl (C=O) groups excluding carboxylic acids is 2. The average Bonchev–Trinajstić information content (AvgIpc) is 2.76. The van der Waals surface area contributed by atoms with E-state index in [0.717, 1.165) is 29.9 Å². The van der Waals surface area contributed by atoms with Gasteiger partial charge in [0.1, 0.15) is 0 Å². The van der Waals surface area contributed by atoms with E-state index in [0.29, 0.717) is 24.3 Å². The maximum atomic E-state index is 13.3. The highest BCUT2D eigenvalue weighted by molar-refractivity contribution is 8.04. The fourth-order valence-electron chi connectivity index (χ4n) is 3.52. The Morgan fingerprint density at radius 1 is 1.06 bits per heavy atom. The number of carbonyl (C=O) groups is 2. The van der Waals surface area contributed by atoms with Gasteiger partial charge in [-0.15, -0.1) is 0 Å². The Morgan fingerprint density at radius 2 is 1.75 bits per heavy atom. The van der Waals surface area contributed by atoms with Crippen molar-refractivity contribution < 1.29 is 22.8 Å². The molecule has 8 heteroatoms. The molecule has 1 aliphatic heterocycles. The predicted molar refractivity (Wildman–Crippen MR) is 120 cm³/mol. The van der Waals surface area contributed by atoms with Gasteiger partial charge in [0, 0.05) is 24.1 Å². The van der Waals surface area contributed by atoms with Gasteiger partial charge in [-0.05, 0) is 42.7 Å². The molecule has 1 heterocycles. The summed E-state index contributed by atoms with van der Waals surface area (Å²) in [6.07, 6.45) is -1.50. The van der Waals surface area contributed by atoms with E-state index in [-0.39, 0.29) is 17.4 Å². The number of rotatable bonds is 7. The van der Waals surface area contributed by atoms with E-state index in [1.54, 1.807) is 23.1 Å². The van der Waals surface area contributed by atoms with Gasteiger partial charge in [0.15, 0.2) is 0 Å². The van der Waals surface area contributed by atoms with Crippen molar-refractivity contribution in [1.82, 2.24) is 4.90 Å². The molecule has 0 unspecified atom stereocenters. The minimum Gasteiger partial charge on any atom is -0.339 e. The summed E-state index contributed by atoms with van der Waals surface area (Å²) in [4.78, 5) is 30.3. The fourth-order valence-corrected chi connectivity index (χ4v) is 4.55. The van der Waals surface area contributed by atoms with E-state index in [9.17, 15) is 22.8 Å². The molecular formula is C24H25F3N2O2S. The van der Waals surface area contributed by atoms with Gasteiger partial charge in [0.2, 0.25) is 5.91 Å². The van der Waals surface area contributed by atoms with Crippen molar-refractivity contribution in [1.29, 1.82) is 0 Å². The van der Waals surface area contributed by atoms with Crippen molar-refractivity contribution in [3.8, 4) is 0 Å². The Labute approximate surface area is 190 Å². The molecule has 0 aromatic heterocycles. The molecule has 0 bridgehead atoms. The number of hydrogen-bond acceptors (Lipinski definition) is 3. The zero-order valence-corrected chi connectivity index (χ0v) is 18.8. The van der Waals surface area contributed by atoms with Crippen LogP contribution in [0.2, 0.25) is 0 Å². The van der Waals surface area contributed by atoms with Crippen LogP contribution in [0.15, 0.2) is 64.4 Å². The summed E-state index contributed by atoms with van der Waals surface area (Å²) in [6.45, 7) is 5.13. The normalized spacial score (nSPS) is 15.1. The number of para-hydroxylation sites is 1. The molecule has 0 atom stereocenters. The lowest BCUT2D eigenvalue weighted by atomic mass is 10.1. The van der Waals surface area contributed by atoms with Gasteiger partial charge in [-0.1, -0.05) is 49.9 Å². The van der Waals surface area contributed by atoms with E-state index in [4.69, 9.17) is 0 Å². The zero-order valence-electron chi connectivity index (χ0n) is 18.0. The molecule has 0 N–H and O–H groups in total. The topological polar surface area (TPSA) is 40.6 Å². The lowest BCUT2D eigenvalue weighted by Crippen LogP contribution is -2.36. The summed E-state index contributed by atoms with van der Waals surface area (Å²) < 4.78 is 39.4. The molecule has 3 rings (SSSR count). The van der Waals surface area contributed by atoms with Gasteiger partial charge >= 0.3 is 6.18 Å². The minimum absolute atomic E-state index is 0.0283. The number of anilines is 1. The number of alkyl halides is 3. The van der Waals surface area contributed by atoms with Crippen LogP contribution in [0, 0.1) is 0 Å². The van der Waals surface area contributed by atoms with E-state index in [1.165, 1.54) is 28.8 Å². The first-order valence-corrected chi connectivity index (χ1v) is 11.3. The van der Waals surface area contributed by atoms with Crippen LogP contribution >= 0.6 is 11.8 Å². The molecule has 2 aromatic rings. The zero-order chi connectivity index (χ0) is 23.3. The van der Waals surface area contributed by atoms with Crippen LogP contribution in [0.25, 0.3) is 0 Å². The molecule has 0 spiro atoms. The number of fused-ring (bicyclic) bond motifs is 1. The van der Waals surface area contributed by atoms with E-state index < -0.39 is 17.6 Å². The smallest absolute Gasteiger partial charge is 0.339 e. The number of thioether (sulfide) groups is 1. The molecule has 1 aliphatic rings. The molecule has 4 nitrogen and oxygen atoms in total. The van der Waals surface area contributed by atoms with Gasteiger partial charge in [-0.25, -0.2) is 0 Å². The molecule has 0 saturated heterocycles. The third-order valence-electron chi connectivity index (χ3n) is 4.98. The van der Waals surface area contributed by atoms with Gasteiger partial charge in [-0.3, -0.25) is 9.59 Å². The van der Waals surface area contributed by atoms with Crippen LogP contribution in [0.5, 0.6) is 0 Å². The highest BCUT2D eigenvalue weighted by Gasteiger charge is 2.32. The molecule has 0 saturated carbocycles. The summed E-state index contributed by atoms with van der Waals surface area (Å²) in [5.41, 5.74) is 0.213. The second-order valence-corrected chi connectivity index (χ2v) is 8.58. The summed E-state index contributed by atoms with van der Waals surface area (Å²) in [5, 5.41) is 0.